The van der Waals surface area contributed by atoms with Crippen LogP contribution >= 0.6 is 22.9 Å². The summed E-state index contributed by atoms with van der Waals surface area (Å²) in [6, 6.07) is 11.5. The summed E-state index contributed by atoms with van der Waals surface area (Å²) in [5.41, 5.74) is 6.91. The van der Waals surface area contributed by atoms with Crippen molar-refractivity contribution >= 4 is 50.2 Å². The van der Waals surface area contributed by atoms with Crippen LogP contribution in [0.5, 0.6) is 0 Å². The van der Waals surface area contributed by atoms with Gasteiger partial charge in [0.15, 0.2) is 0 Å². The number of fused-ring (bicyclic) bond motifs is 1. The van der Waals surface area contributed by atoms with Crippen LogP contribution in [0.2, 0.25) is 5.02 Å². The summed E-state index contributed by atoms with van der Waals surface area (Å²) in [6.07, 6.45) is 0. The summed E-state index contributed by atoms with van der Waals surface area (Å²) in [5.74, 6) is -0.795. The van der Waals surface area contributed by atoms with E-state index in [0.29, 0.717) is 21.3 Å². The molecule has 3 aromatic rings. The number of hydrogen-bond donors (Lipinski definition) is 2. The topological polar surface area (TPSA) is 80.3 Å². The lowest BCUT2D eigenvalue weighted by molar-refractivity contribution is 0.0600. The Balaban J connectivity index is 1.66. The molecule has 0 atom stereocenters. The number of hydrazine groups is 1. The van der Waals surface area contributed by atoms with Crippen molar-refractivity contribution in [2.45, 2.75) is 0 Å². The highest BCUT2D eigenvalue weighted by molar-refractivity contribution is 7.22. The molecule has 3 rings (SSSR count). The molecule has 8 heteroatoms. The zero-order valence-corrected chi connectivity index (χ0v) is 14.1. The van der Waals surface area contributed by atoms with E-state index in [1.54, 1.807) is 18.2 Å². The number of rotatable bonds is 4. The Hall–Kier alpha value is -2.64. The molecule has 6 nitrogen and oxygen atoms in total. The molecule has 1 heterocycles. The number of ether oxygens (including phenoxy) is 1. The van der Waals surface area contributed by atoms with Gasteiger partial charge in [0.1, 0.15) is 0 Å². The van der Waals surface area contributed by atoms with Gasteiger partial charge in [-0.05, 0) is 42.5 Å². The van der Waals surface area contributed by atoms with Crippen LogP contribution in [-0.2, 0) is 4.74 Å². The van der Waals surface area contributed by atoms with E-state index in [2.05, 4.69) is 20.6 Å². The number of halogens is 1. The summed E-state index contributed by atoms with van der Waals surface area (Å²) < 4.78 is 5.53. The summed E-state index contributed by atoms with van der Waals surface area (Å²) in [4.78, 5) is 27.8. The molecule has 0 fully saturated rings. The lowest BCUT2D eigenvalue weighted by atomic mass is 10.1. The maximum absolute atomic E-state index is 12.1. The molecule has 2 aromatic carbocycles. The number of methoxy groups -OCH3 is 1. The summed E-state index contributed by atoms with van der Waals surface area (Å²) in [6.45, 7) is 0. The third kappa shape index (κ3) is 3.47. The molecule has 0 aliphatic carbocycles. The van der Waals surface area contributed by atoms with Gasteiger partial charge in [-0.25, -0.2) is 9.78 Å². The highest BCUT2D eigenvalue weighted by atomic mass is 35.5. The minimum atomic E-state index is -0.451. The molecule has 0 saturated heterocycles. The van der Waals surface area contributed by atoms with Crippen LogP contribution in [0, 0.1) is 0 Å². The first-order valence-corrected chi connectivity index (χ1v) is 8.07. The highest BCUT2D eigenvalue weighted by Crippen LogP contribution is 2.27. The molecule has 0 unspecified atom stereocenters. The SMILES string of the molecule is COC(=O)c1ccc(C(=O)NNc2nc3ccc(Cl)cc3s2)cc1. The van der Waals surface area contributed by atoms with Gasteiger partial charge in [0, 0.05) is 10.6 Å². The zero-order chi connectivity index (χ0) is 17.1. The van der Waals surface area contributed by atoms with Crippen molar-refractivity contribution in [3.8, 4) is 0 Å². The molecule has 0 spiro atoms. The van der Waals surface area contributed by atoms with Gasteiger partial charge in [-0.1, -0.05) is 22.9 Å². The molecule has 1 aromatic heterocycles. The van der Waals surface area contributed by atoms with E-state index in [-0.39, 0.29) is 5.91 Å². The number of anilines is 1. The Morgan fingerprint density at radius 2 is 1.83 bits per heavy atom. The Labute approximate surface area is 146 Å². The number of thiazole rings is 1. The van der Waals surface area contributed by atoms with Gasteiger partial charge in [0.2, 0.25) is 5.13 Å². The largest absolute Gasteiger partial charge is 0.465 e. The molecule has 0 aliphatic rings. The average molecular weight is 362 g/mol. The van der Waals surface area contributed by atoms with Gasteiger partial charge in [-0.15, -0.1) is 0 Å². The number of nitrogens with zero attached hydrogens (tertiary/aromatic N) is 1. The first kappa shape index (κ1) is 16.2. The Morgan fingerprint density at radius 1 is 1.12 bits per heavy atom. The molecule has 0 aliphatic heterocycles. The van der Waals surface area contributed by atoms with Crippen molar-refractivity contribution in [3.05, 3.63) is 58.6 Å². The second kappa shape index (κ2) is 6.86. The number of benzene rings is 2. The number of amides is 1. The van der Waals surface area contributed by atoms with Crippen molar-refractivity contribution in [1.82, 2.24) is 10.4 Å². The Bertz CT molecular complexity index is 909. The zero-order valence-electron chi connectivity index (χ0n) is 12.5. The van der Waals surface area contributed by atoms with Crippen molar-refractivity contribution in [2.24, 2.45) is 0 Å². The third-order valence-corrected chi connectivity index (χ3v) is 4.37. The first-order chi connectivity index (χ1) is 11.6. The van der Waals surface area contributed by atoms with Crippen LogP contribution in [0.25, 0.3) is 10.2 Å². The lowest BCUT2D eigenvalue weighted by Crippen LogP contribution is -2.29. The van der Waals surface area contributed by atoms with Crippen LogP contribution in [-0.4, -0.2) is 24.0 Å². The number of esters is 1. The van der Waals surface area contributed by atoms with E-state index in [9.17, 15) is 9.59 Å². The standard InChI is InChI=1S/C16H12ClN3O3S/c1-23-15(22)10-4-2-9(3-5-10)14(21)19-20-16-18-12-7-6-11(17)8-13(12)24-16/h2-8H,1H3,(H,18,20)(H,19,21). The number of hydrogen-bond acceptors (Lipinski definition) is 6. The minimum Gasteiger partial charge on any atom is -0.465 e. The number of nitrogens with one attached hydrogen (secondary N) is 2. The predicted molar refractivity (Wildman–Crippen MR) is 93.5 cm³/mol. The smallest absolute Gasteiger partial charge is 0.337 e. The van der Waals surface area contributed by atoms with Crippen LogP contribution < -0.4 is 10.9 Å². The molecule has 24 heavy (non-hydrogen) atoms. The van der Waals surface area contributed by atoms with Crippen LogP contribution in [0.4, 0.5) is 5.13 Å². The van der Waals surface area contributed by atoms with Crippen LogP contribution in [0.15, 0.2) is 42.5 Å². The Morgan fingerprint density at radius 3 is 2.54 bits per heavy atom. The van der Waals surface area contributed by atoms with Crippen molar-refractivity contribution < 1.29 is 14.3 Å². The van der Waals surface area contributed by atoms with E-state index < -0.39 is 5.97 Å². The van der Waals surface area contributed by atoms with Gasteiger partial charge in [-0.2, -0.15) is 0 Å². The molecule has 122 valence electrons. The molecule has 0 saturated carbocycles. The van der Waals surface area contributed by atoms with Crippen molar-refractivity contribution in [1.29, 1.82) is 0 Å². The lowest BCUT2D eigenvalue weighted by Gasteiger charge is -2.06. The van der Waals surface area contributed by atoms with Crippen LogP contribution in [0.3, 0.4) is 0 Å². The monoisotopic (exact) mass is 361 g/mol. The third-order valence-electron chi connectivity index (χ3n) is 3.20. The number of aromatic nitrogens is 1. The summed E-state index contributed by atoms with van der Waals surface area (Å²) in [5, 5.41) is 1.18. The predicted octanol–water partition coefficient (Wildman–Crippen LogP) is 3.49. The molecule has 1 amide bonds. The van der Waals surface area contributed by atoms with Gasteiger partial charge < -0.3 is 4.74 Å². The minimum absolute atomic E-state index is 0.344. The molecular weight excluding hydrogens is 350 g/mol. The highest BCUT2D eigenvalue weighted by Gasteiger charge is 2.10. The quantitative estimate of drug-likeness (QED) is 0.549. The van der Waals surface area contributed by atoms with E-state index in [1.165, 1.54) is 30.6 Å². The fourth-order valence-corrected chi connectivity index (χ4v) is 3.11. The molecule has 2 N–H and O–H groups in total. The maximum Gasteiger partial charge on any atom is 0.337 e. The van der Waals surface area contributed by atoms with Crippen molar-refractivity contribution in [3.63, 3.8) is 0 Å². The molecule has 0 bridgehead atoms. The summed E-state index contributed by atoms with van der Waals surface area (Å²) in [7, 11) is 1.30. The fraction of sp³-hybridized carbons (Fsp3) is 0.0625. The van der Waals surface area contributed by atoms with Gasteiger partial charge in [0.25, 0.3) is 5.91 Å². The van der Waals surface area contributed by atoms with E-state index in [0.717, 1.165) is 10.2 Å². The Kier molecular flexibility index (Phi) is 4.64. The van der Waals surface area contributed by atoms with Gasteiger partial charge in [0.05, 0.1) is 22.9 Å². The normalized spacial score (nSPS) is 10.4. The van der Waals surface area contributed by atoms with Gasteiger partial charge in [-0.3, -0.25) is 15.6 Å². The summed E-state index contributed by atoms with van der Waals surface area (Å²) >= 11 is 7.31. The number of carbonyl (C=O) groups is 2. The second-order valence-electron chi connectivity index (χ2n) is 4.78. The second-order valence-corrected chi connectivity index (χ2v) is 6.25. The van der Waals surface area contributed by atoms with E-state index in [1.807, 2.05) is 12.1 Å². The van der Waals surface area contributed by atoms with Crippen molar-refractivity contribution in [2.75, 3.05) is 12.5 Å². The fourth-order valence-electron chi connectivity index (χ4n) is 2.01. The van der Waals surface area contributed by atoms with E-state index >= 15 is 0 Å². The molecular formula is C16H12ClN3O3S. The maximum atomic E-state index is 12.1. The van der Waals surface area contributed by atoms with E-state index in [4.69, 9.17) is 11.6 Å². The van der Waals surface area contributed by atoms with Gasteiger partial charge >= 0.3 is 5.97 Å². The number of carbonyl (C=O) groups excluding carboxylic acids is 2. The van der Waals surface area contributed by atoms with Crippen LogP contribution in [0.1, 0.15) is 20.7 Å². The first-order valence-electron chi connectivity index (χ1n) is 6.87. The average Bonchev–Trinajstić information content (AvgIpc) is 3.01. The molecule has 0 radical (unpaired) electrons.